The largest absolute Gasteiger partial charge is 0.430 e. The molecule has 0 aromatic carbocycles. The first kappa shape index (κ1) is 9.61. The molecule has 7 heteroatoms. The van der Waals surface area contributed by atoms with Crippen molar-refractivity contribution < 1.29 is 14.4 Å². The average Bonchev–Trinajstić information content (AvgIpc) is 2.08. The lowest BCUT2D eigenvalue weighted by Crippen LogP contribution is -2.17. The molecule has 11 heavy (non-hydrogen) atoms. The first-order chi connectivity index (χ1) is 4.91. The Labute approximate surface area is 77.0 Å². The molecular weight excluding hydrogens is 253 g/mol. The third-order valence-corrected chi connectivity index (χ3v) is 4.07. The molecule has 0 aromatic heterocycles. The van der Waals surface area contributed by atoms with E-state index in [1.165, 1.54) is 18.0 Å². The Kier molecular flexibility index (Phi) is 2.71. The van der Waals surface area contributed by atoms with Gasteiger partial charge in [-0.2, -0.15) is 0 Å². The Morgan fingerprint density at radius 2 is 2.36 bits per heavy atom. The van der Waals surface area contributed by atoms with Crippen LogP contribution in [0.3, 0.4) is 0 Å². The van der Waals surface area contributed by atoms with E-state index in [1.807, 2.05) is 0 Å². The standard InChI is InChI=1S/C4H7BrNO3PS/c1-3-6(10(7,8)9)2-4(5)11-3/h2-3H,1H3,(H2,7,8,9). The van der Waals surface area contributed by atoms with Gasteiger partial charge in [0.2, 0.25) is 0 Å². The number of hydrogen-bond donors (Lipinski definition) is 2. The van der Waals surface area contributed by atoms with E-state index in [-0.39, 0.29) is 5.37 Å². The molecule has 1 unspecified atom stereocenters. The highest BCUT2D eigenvalue weighted by atomic mass is 79.9. The lowest BCUT2D eigenvalue weighted by Gasteiger charge is -2.21. The van der Waals surface area contributed by atoms with Gasteiger partial charge in [0.25, 0.3) is 0 Å². The van der Waals surface area contributed by atoms with Crippen molar-refractivity contribution in [3.63, 3.8) is 0 Å². The minimum absolute atomic E-state index is 0.204. The van der Waals surface area contributed by atoms with Crippen molar-refractivity contribution in [2.45, 2.75) is 12.3 Å². The normalized spacial score (nSPS) is 25.6. The molecule has 64 valence electrons. The molecule has 1 heterocycles. The van der Waals surface area contributed by atoms with Gasteiger partial charge in [-0.25, -0.2) is 4.57 Å². The quantitative estimate of drug-likeness (QED) is 0.702. The first-order valence-corrected chi connectivity index (χ1v) is 6.03. The molecule has 0 saturated carbocycles. The van der Waals surface area contributed by atoms with Crippen LogP contribution in [-0.2, 0) is 4.57 Å². The van der Waals surface area contributed by atoms with Crippen LogP contribution in [0.4, 0.5) is 0 Å². The summed E-state index contributed by atoms with van der Waals surface area (Å²) in [4.78, 5) is 17.5. The summed E-state index contributed by atoms with van der Waals surface area (Å²) in [7, 11) is -4.10. The summed E-state index contributed by atoms with van der Waals surface area (Å²) < 4.78 is 12.5. The number of nitrogens with zero attached hydrogens (tertiary/aromatic N) is 1. The van der Waals surface area contributed by atoms with Crippen molar-refractivity contribution in [1.29, 1.82) is 0 Å². The lowest BCUT2D eigenvalue weighted by molar-refractivity contribution is 0.304. The molecule has 4 nitrogen and oxygen atoms in total. The Morgan fingerprint density at radius 1 is 1.82 bits per heavy atom. The van der Waals surface area contributed by atoms with Crippen molar-refractivity contribution in [1.82, 2.24) is 4.67 Å². The zero-order chi connectivity index (χ0) is 8.65. The summed E-state index contributed by atoms with van der Waals surface area (Å²) in [6.07, 6.45) is 1.41. The molecule has 1 rings (SSSR count). The third-order valence-electron chi connectivity index (χ3n) is 1.19. The summed E-state index contributed by atoms with van der Waals surface area (Å²) in [5.41, 5.74) is 0. The summed E-state index contributed by atoms with van der Waals surface area (Å²) >= 11 is 4.52. The van der Waals surface area contributed by atoms with Crippen molar-refractivity contribution >= 4 is 35.4 Å². The molecule has 0 aromatic rings. The molecule has 0 saturated heterocycles. The fourth-order valence-corrected chi connectivity index (χ4v) is 3.88. The second kappa shape index (κ2) is 3.11. The predicted molar refractivity (Wildman–Crippen MR) is 47.9 cm³/mol. The van der Waals surface area contributed by atoms with Crippen molar-refractivity contribution in [3.05, 3.63) is 10.0 Å². The van der Waals surface area contributed by atoms with Gasteiger partial charge in [0.1, 0.15) is 0 Å². The van der Waals surface area contributed by atoms with E-state index < -0.39 is 7.75 Å². The Balaban J connectivity index is 2.82. The Bertz CT molecular complexity index is 239. The van der Waals surface area contributed by atoms with E-state index in [0.29, 0.717) is 0 Å². The van der Waals surface area contributed by atoms with Gasteiger partial charge in [-0.3, -0.25) is 4.67 Å². The minimum atomic E-state index is -4.10. The molecule has 1 aliphatic heterocycles. The van der Waals surface area contributed by atoms with Crippen molar-refractivity contribution in [3.8, 4) is 0 Å². The van der Waals surface area contributed by atoms with E-state index in [9.17, 15) is 4.57 Å². The van der Waals surface area contributed by atoms with Gasteiger partial charge in [0, 0.05) is 6.20 Å². The fraction of sp³-hybridized carbons (Fsp3) is 0.500. The maximum Gasteiger partial charge on any atom is 0.430 e. The smallest absolute Gasteiger partial charge is 0.308 e. The Hall–Kier alpha value is 0.520. The van der Waals surface area contributed by atoms with E-state index in [4.69, 9.17) is 9.79 Å². The second-order valence-electron chi connectivity index (χ2n) is 2.04. The summed E-state index contributed by atoms with van der Waals surface area (Å²) in [6, 6.07) is 0. The van der Waals surface area contributed by atoms with Gasteiger partial charge < -0.3 is 9.79 Å². The number of hydrogen-bond acceptors (Lipinski definition) is 2. The SMILES string of the molecule is CC1SC(Br)=CN1P(=O)(O)O. The molecule has 0 spiro atoms. The highest BCUT2D eigenvalue weighted by Gasteiger charge is 2.32. The summed E-state index contributed by atoms with van der Waals surface area (Å²) in [5, 5.41) is -0.204. The predicted octanol–water partition coefficient (Wildman–Crippen LogP) is 1.67. The van der Waals surface area contributed by atoms with E-state index >= 15 is 0 Å². The second-order valence-corrected chi connectivity index (χ2v) is 6.27. The molecular formula is C4H7BrNO3PS. The number of rotatable bonds is 1. The summed E-state index contributed by atoms with van der Waals surface area (Å²) in [5.74, 6) is 0. The molecule has 0 bridgehead atoms. The molecule has 2 N–H and O–H groups in total. The van der Waals surface area contributed by atoms with Crippen LogP contribution in [0, 0.1) is 0 Å². The molecule has 0 aliphatic carbocycles. The third kappa shape index (κ3) is 2.23. The van der Waals surface area contributed by atoms with Crippen LogP contribution >= 0.6 is 35.4 Å². The van der Waals surface area contributed by atoms with E-state index in [0.717, 1.165) is 8.48 Å². The van der Waals surface area contributed by atoms with Crippen LogP contribution in [0.2, 0.25) is 0 Å². The van der Waals surface area contributed by atoms with Crippen LogP contribution in [0.25, 0.3) is 0 Å². The summed E-state index contributed by atoms with van der Waals surface area (Å²) in [6.45, 7) is 1.73. The monoisotopic (exact) mass is 259 g/mol. The van der Waals surface area contributed by atoms with Crippen LogP contribution in [0.1, 0.15) is 6.92 Å². The van der Waals surface area contributed by atoms with Crippen LogP contribution in [-0.4, -0.2) is 19.8 Å². The van der Waals surface area contributed by atoms with Crippen molar-refractivity contribution in [2.75, 3.05) is 0 Å². The maximum atomic E-state index is 10.7. The molecule has 0 amide bonds. The topological polar surface area (TPSA) is 60.8 Å². The number of thioether (sulfide) groups is 1. The van der Waals surface area contributed by atoms with Gasteiger partial charge >= 0.3 is 7.75 Å². The van der Waals surface area contributed by atoms with Crippen LogP contribution < -0.4 is 0 Å². The van der Waals surface area contributed by atoms with Crippen LogP contribution in [0.15, 0.2) is 10.0 Å². The van der Waals surface area contributed by atoms with Crippen LogP contribution in [0.5, 0.6) is 0 Å². The maximum absolute atomic E-state index is 10.7. The molecule has 0 radical (unpaired) electrons. The van der Waals surface area contributed by atoms with Gasteiger partial charge in [-0.15, -0.1) is 0 Å². The highest BCUT2D eigenvalue weighted by Crippen LogP contribution is 2.51. The highest BCUT2D eigenvalue weighted by molar-refractivity contribution is 9.14. The van der Waals surface area contributed by atoms with Gasteiger partial charge in [-0.05, 0) is 22.9 Å². The van der Waals surface area contributed by atoms with Crippen molar-refractivity contribution in [2.24, 2.45) is 0 Å². The minimum Gasteiger partial charge on any atom is -0.308 e. The molecule has 1 aliphatic rings. The van der Waals surface area contributed by atoms with Gasteiger partial charge in [0.05, 0.1) is 9.19 Å². The molecule has 1 atom stereocenters. The zero-order valence-corrected chi connectivity index (χ0v) is 8.93. The molecule has 0 fully saturated rings. The zero-order valence-electron chi connectivity index (χ0n) is 5.64. The van der Waals surface area contributed by atoms with Gasteiger partial charge in [-0.1, -0.05) is 11.8 Å². The lowest BCUT2D eigenvalue weighted by atomic mass is 10.7. The van der Waals surface area contributed by atoms with Gasteiger partial charge in [0.15, 0.2) is 0 Å². The van der Waals surface area contributed by atoms with E-state index in [2.05, 4.69) is 15.9 Å². The Morgan fingerprint density at radius 3 is 2.55 bits per heavy atom. The van der Waals surface area contributed by atoms with E-state index in [1.54, 1.807) is 6.92 Å². The average molecular weight is 260 g/mol. The first-order valence-electron chi connectivity index (χ1n) is 2.79. The number of halogens is 1. The fourth-order valence-electron chi connectivity index (χ4n) is 0.743.